The number of aliphatic carboxylic acids is 1. The third kappa shape index (κ3) is 9.36. The Morgan fingerprint density at radius 1 is 1.08 bits per heavy atom. The topological polar surface area (TPSA) is 121 Å². The van der Waals surface area contributed by atoms with Crippen molar-refractivity contribution in [3.63, 3.8) is 0 Å². The van der Waals surface area contributed by atoms with Gasteiger partial charge in [-0.15, -0.1) is 0 Å². The predicted octanol–water partition coefficient (Wildman–Crippen LogP) is -1.29. The molecule has 7 nitrogen and oxygen atoms in total. The first-order valence-corrected chi connectivity index (χ1v) is 8.99. The summed E-state index contributed by atoms with van der Waals surface area (Å²) >= 11 is 0. The van der Waals surface area contributed by atoms with Crippen molar-refractivity contribution >= 4 is 22.1 Å². The van der Waals surface area contributed by atoms with Gasteiger partial charge in [0.15, 0.2) is 4.75 Å². The van der Waals surface area contributed by atoms with Gasteiger partial charge in [0.05, 0.1) is 6.61 Å². The molecule has 0 bridgehead atoms. The van der Waals surface area contributed by atoms with Gasteiger partial charge in [-0.2, -0.15) is 8.42 Å². The minimum absolute atomic E-state index is 0. The summed E-state index contributed by atoms with van der Waals surface area (Å²) in [4.78, 5) is 23.0. The molecule has 0 aromatic carbocycles. The van der Waals surface area contributed by atoms with Crippen molar-refractivity contribution in [3.8, 4) is 0 Å². The summed E-state index contributed by atoms with van der Waals surface area (Å²) in [5.41, 5.74) is 0. The van der Waals surface area contributed by atoms with E-state index in [1.165, 1.54) is 0 Å². The zero-order valence-electron chi connectivity index (χ0n) is 14.2. The van der Waals surface area contributed by atoms with E-state index in [0.29, 0.717) is 12.8 Å². The third-order valence-electron chi connectivity index (χ3n) is 3.46. The number of ether oxygens (including phenoxy) is 1. The zero-order chi connectivity index (χ0) is 17.2. The molecule has 0 aliphatic rings. The molecule has 9 heteroatoms. The van der Waals surface area contributed by atoms with Crippen LogP contribution in [0.1, 0.15) is 72.6 Å². The summed E-state index contributed by atoms with van der Waals surface area (Å²) in [6.07, 6.45) is 2.45. The number of esters is 1. The second kappa shape index (κ2) is 14.1. The summed E-state index contributed by atoms with van der Waals surface area (Å²) in [5.74, 6) is -2.94. The van der Waals surface area contributed by atoms with Crippen molar-refractivity contribution in [1.29, 1.82) is 0 Å². The number of carboxylic acid groups (broad SMARTS) is 1. The molecule has 0 radical (unpaired) electrons. The van der Waals surface area contributed by atoms with Crippen LogP contribution in [0.4, 0.5) is 0 Å². The molecule has 1 unspecified atom stereocenters. The molecule has 0 saturated carbocycles. The Balaban J connectivity index is -0.00000220. The maximum atomic E-state index is 12.2. The van der Waals surface area contributed by atoms with Crippen LogP contribution in [0, 0.1) is 0 Å². The number of rotatable bonds is 12. The normalized spacial score (nSPS) is 13.1. The van der Waals surface area contributed by atoms with E-state index in [4.69, 9.17) is 4.74 Å². The minimum Gasteiger partial charge on any atom is -0.550 e. The van der Waals surface area contributed by atoms with Gasteiger partial charge in [-0.3, -0.25) is 9.35 Å². The summed E-state index contributed by atoms with van der Waals surface area (Å²) in [5, 5.41) is 10.9. The molecule has 0 amide bonds. The second-order valence-electron chi connectivity index (χ2n) is 5.32. The van der Waals surface area contributed by atoms with Gasteiger partial charge in [0, 0.05) is 12.4 Å². The van der Waals surface area contributed by atoms with Crippen molar-refractivity contribution in [2.24, 2.45) is 0 Å². The Bertz CT molecular complexity index is 464. The predicted molar refractivity (Wildman–Crippen MR) is 85.3 cm³/mol. The van der Waals surface area contributed by atoms with Crippen molar-refractivity contribution in [3.05, 3.63) is 0 Å². The third-order valence-corrected chi connectivity index (χ3v) is 4.96. The molecule has 24 heavy (non-hydrogen) atoms. The molecule has 1 atom stereocenters. The van der Waals surface area contributed by atoms with Crippen LogP contribution in [0.2, 0.25) is 0 Å². The van der Waals surface area contributed by atoms with Gasteiger partial charge in [-0.1, -0.05) is 53.4 Å². The van der Waals surface area contributed by atoms with Crippen LogP contribution < -0.4 is 34.7 Å². The van der Waals surface area contributed by atoms with E-state index in [9.17, 15) is 27.7 Å². The Hall–Kier alpha value is -0.150. The molecule has 1 N–H and O–H groups in total. The first kappa shape index (κ1) is 28.6. The standard InChI is InChI=1S/C14H26O7S.CH4.Na/c1-3-5-7-9-14(11-12(15)16,22(18,19)20)13(17)21-10-8-6-4-2;;/h3-11H2,1-2H3,(H,15,16)(H,18,19,20);1H4;/q;;+1/p-1. The van der Waals surface area contributed by atoms with E-state index < -0.39 is 33.2 Å². The number of carboxylic acids is 1. The fraction of sp³-hybridized carbons (Fsp3) is 0.867. The molecule has 0 aromatic rings. The van der Waals surface area contributed by atoms with E-state index in [1.807, 2.05) is 13.8 Å². The Morgan fingerprint density at radius 3 is 2.00 bits per heavy atom. The number of carbonyl (C=O) groups excluding carboxylic acids is 2. The van der Waals surface area contributed by atoms with Crippen molar-refractivity contribution in [2.75, 3.05) is 6.61 Å². The monoisotopic (exact) mass is 376 g/mol. The van der Waals surface area contributed by atoms with Crippen LogP contribution in [-0.2, 0) is 24.4 Å². The summed E-state index contributed by atoms with van der Waals surface area (Å²) < 4.78 is 35.2. The molecule has 0 fully saturated rings. The van der Waals surface area contributed by atoms with Crippen LogP contribution in [0.3, 0.4) is 0 Å². The van der Waals surface area contributed by atoms with Gasteiger partial charge in [0.1, 0.15) is 0 Å². The Labute approximate surface area is 167 Å². The quantitative estimate of drug-likeness (QED) is 0.195. The average molecular weight is 376 g/mol. The fourth-order valence-corrected chi connectivity index (χ4v) is 3.10. The first-order chi connectivity index (χ1) is 10.2. The number of hydrogen-bond donors (Lipinski definition) is 1. The number of hydrogen-bond acceptors (Lipinski definition) is 6. The summed E-state index contributed by atoms with van der Waals surface area (Å²) in [6, 6.07) is 0. The largest absolute Gasteiger partial charge is 1.00 e. The van der Waals surface area contributed by atoms with Crippen LogP contribution in [0.25, 0.3) is 0 Å². The van der Waals surface area contributed by atoms with E-state index >= 15 is 0 Å². The van der Waals surface area contributed by atoms with Gasteiger partial charge >= 0.3 is 35.5 Å². The van der Waals surface area contributed by atoms with Gasteiger partial charge in [0.2, 0.25) is 0 Å². The van der Waals surface area contributed by atoms with Crippen LogP contribution in [0.15, 0.2) is 0 Å². The SMILES string of the molecule is C.CCCCCOC(=O)C(CCCCC)(CC(=O)[O-])S(=O)(=O)O.[Na+]. The maximum Gasteiger partial charge on any atom is 1.00 e. The van der Waals surface area contributed by atoms with Crippen molar-refractivity contribution in [1.82, 2.24) is 0 Å². The molecule has 0 rings (SSSR count). The minimum atomic E-state index is -4.94. The zero-order valence-corrected chi connectivity index (χ0v) is 17.0. The molecule has 0 aliphatic carbocycles. The molecule has 0 aliphatic heterocycles. The van der Waals surface area contributed by atoms with E-state index in [2.05, 4.69) is 0 Å². The maximum absolute atomic E-state index is 12.2. The van der Waals surface area contributed by atoms with Crippen LogP contribution in [0.5, 0.6) is 0 Å². The molecule has 0 heterocycles. The molecule has 138 valence electrons. The fourth-order valence-electron chi connectivity index (χ4n) is 2.13. The van der Waals surface area contributed by atoms with Crippen LogP contribution >= 0.6 is 0 Å². The first-order valence-electron chi connectivity index (χ1n) is 7.55. The van der Waals surface area contributed by atoms with Crippen molar-refractivity contribution in [2.45, 2.75) is 77.4 Å². The smallest absolute Gasteiger partial charge is 0.550 e. The van der Waals surface area contributed by atoms with E-state index in [0.717, 1.165) is 19.3 Å². The Morgan fingerprint density at radius 2 is 1.58 bits per heavy atom. The van der Waals surface area contributed by atoms with Crippen molar-refractivity contribution < 1.29 is 62.0 Å². The second-order valence-corrected chi connectivity index (χ2v) is 7.05. The van der Waals surface area contributed by atoms with Gasteiger partial charge < -0.3 is 14.6 Å². The molecule has 0 spiro atoms. The molecular formula is C15H29NaO7S. The molecular weight excluding hydrogens is 347 g/mol. The van der Waals surface area contributed by atoms with Gasteiger partial charge in [-0.05, 0) is 12.8 Å². The summed E-state index contributed by atoms with van der Waals surface area (Å²) in [6.45, 7) is 3.81. The molecule has 0 aromatic heterocycles. The molecule has 0 saturated heterocycles. The number of carbonyl (C=O) groups is 2. The van der Waals surface area contributed by atoms with E-state index in [-0.39, 0.29) is 56.4 Å². The summed E-state index contributed by atoms with van der Waals surface area (Å²) in [7, 11) is -4.94. The van der Waals surface area contributed by atoms with Gasteiger partial charge in [0.25, 0.3) is 10.1 Å². The van der Waals surface area contributed by atoms with Crippen LogP contribution in [-0.4, -0.2) is 36.3 Å². The Kier molecular flexibility index (Phi) is 16.8. The van der Waals surface area contributed by atoms with Gasteiger partial charge in [-0.25, -0.2) is 0 Å². The number of unbranched alkanes of at least 4 members (excludes halogenated alkanes) is 4. The average Bonchev–Trinajstić information content (AvgIpc) is 2.40. The van der Waals surface area contributed by atoms with E-state index in [1.54, 1.807) is 0 Å².